The molecule has 0 saturated carbocycles. The number of nitriles is 1. The number of hydrogen-bond donors (Lipinski definition) is 0. The molecule has 0 atom stereocenters. The van der Waals surface area contributed by atoms with Crippen LogP contribution in [0.4, 0.5) is 5.82 Å². The molecule has 0 aliphatic heterocycles. The molecule has 0 fully saturated rings. The second-order valence-electron chi connectivity index (χ2n) is 3.30. The van der Waals surface area contributed by atoms with Crippen LogP contribution in [0.2, 0.25) is 0 Å². The van der Waals surface area contributed by atoms with Crippen molar-refractivity contribution in [3.8, 4) is 17.3 Å². The van der Waals surface area contributed by atoms with Crippen LogP contribution >= 0.6 is 0 Å². The van der Waals surface area contributed by atoms with Gasteiger partial charge >= 0.3 is 5.82 Å². The van der Waals surface area contributed by atoms with E-state index in [0.717, 1.165) is 5.56 Å². The fourth-order valence-electron chi connectivity index (χ4n) is 1.44. The lowest BCUT2D eigenvalue weighted by Crippen LogP contribution is -1.97. The van der Waals surface area contributed by atoms with Gasteiger partial charge < -0.3 is 10.1 Å². The smallest absolute Gasteiger partial charge is 0.358 e. The molecular weight excluding hydrogens is 218 g/mol. The van der Waals surface area contributed by atoms with Crippen molar-refractivity contribution in [1.29, 1.82) is 5.26 Å². The Morgan fingerprint density at radius 2 is 1.88 bits per heavy atom. The summed E-state index contributed by atoms with van der Waals surface area (Å²) >= 11 is 0. The van der Waals surface area contributed by atoms with E-state index >= 15 is 0 Å². The molecule has 2 rings (SSSR count). The fourth-order valence-corrected chi connectivity index (χ4v) is 1.44. The average molecular weight is 225 g/mol. The van der Waals surface area contributed by atoms with Gasteiger partial charge in [0.25, 0.3) is 0 Å². The van der Waals surface area contributed by atoms with E-state index < -0.39 is 10.7 Å². The third-order valence-electron chi connectivity index (χ3n) is 2.24. The Bertz CT molecular complexity index is 603. The molecule has 0 unspecified atom stereocenters. The predicted molar refractivity (Wildman–Crippen MR) is 61.0 cm³/mol. The first-order chi connectivity index (χ1) is 8.22. The topological polar surface area (TPSA) is 79.8 Å². The lowest BCUT2D eigenvalue weighted by atomic mass is 10.1. The molecular formula is C12H7N3O2. The monoisotopic (exact) mass is 225 g/mol. The van der Waals surface area contributed by atoms with Gasteiger partial charge in [0.05, 0.1) is 0 Å². The minimum Gasteiger partial charge on any atom is -0.358 e. The van der Waals surface area contributed by atoms with Crippen LogP contribution in [0.1, 0.15) is 5.56 Å². The molecule has 1 aromatic heterocycles. The van der Waals surface area contributed by atoms with E-state index in [1.54, 1.807) is 24.3 Å². The van der Waals surface area contributed by atoms with Crippen molar-refractivity contribution in [2.45, 2.75) is 0 Å². The van der Waals surface area contributed by atoms with Crippen LogP contribution in [0.3, 0.4) is 0 Å². The summed E-state index contributed by atoms with van der Waals surface area (Å²) in [4.78, 5) is 14.0. The largest absolute Gasteiger partial charge is 0.382 e. The first kappa shape index (κ1) is 10.8. The van der Waals surface area contributed by atoms with Gasteiger partial charge in [-0.2, -0.15) is 5.26 Å². The molecule has 5 nitrogen and oxygen atoms in total. The van der Waals surface area contributed by atoms with E-state index in [9.17, 15) is 10.1 Å². The number of nitrogens with zero attached hydrogens (tertiary/aromatic N) is 3. The molecule has 0 spiro atoms. The zero-order valence-electron chi connectivity index (χ0n) is 8.70. The van der Waals surface area contributed by atoms with Crippen LogP contribution < -0.4 is 0 Å². The zero-order valence-corrected chi connectivity index (χ0v) is 8.70. The Morgan fingerprint density at radius 1 is 1.18 bits per heavy atom. The van der Waals surface area contributed by atoms with E-state index in [0.29, 0.717) is 5.69 Å². The molecule has 0 bridgehead atoms. The van der Waals surface area contributed by atoms with Gasteiger partial charge in [-0.3, -0.25) is 0 Å². The SMILES string of the molecule is N#Cc1ccc(-c2ccccc2)nc1[N+](=O)[O-]. The van der Waals surface area contributed by atoms with Crippen LogP contribution in [0.5, 0.6) is 0 Å². The summed E-state index contributed by atoms with van der Waals surface area (Å²) in [6, 6.07) is 13.9. The van der Waals surface area contributed by atoms with Gasteiger partial charge in [0.1, 0.15) is 11.6 Å². The van der Waals surface area contributed by atoms with Gasteiger partial charge in [0.2, 0.25) is 0 Å². The Balaban J connectivity index is 2.56. The summed E-state index contributed by atoms with van der Waals surface area (Å²) in [5, 5.41) is 19.5. The summed E-state index contributed by atoms with van der Waals surface area (Å²) in [5.74, 6) is -0.408. The first-order valence-corrected chi connectivity index (χ1v) is 4.83. The lowest BCUT2D eigenvalue weighted by Gasteiger charge is -1.98. The third kappa shape index (κ3) is 2.11. The highest BCUT2D eigenvalue weighted by atomic mass is 16.6. The maximum absolute atomic E-state index is 10.8. The molecule has 0 aliphatic carbocycles. The Hall–Kier alpha value is -2.74. The summed E-state index contributed by atoms with van der Waals surface area (Å²) in [6.07, 6.45) is 0. The Morgan fingerprint density at radius 3 is 2.47 bits per heavy atom. The van der Waals surface area contributed by atoms with Gasteiger partial charge in [0.15, 0.2) is 5.69 Å². The molecule has 0 radical (unpaired) electrons. The molecule has 1 heterocycles. The number of hydrogen-bond acceptors (Lipinski definition) is 4. The van der Waals surface area contributed by atoms with Crippen molar-refractivity contribution in [3.05, 3.63) is 58.1 Å². The Kier molecular flexibility index (Phi) is 2.79. The van der Waals surface area contributed by atoms with Crippen molar-refractivity contribution in [2.75, 3.05) is 0 Å². The standard InChI is InChI=1S/C12H7N3O2/c13-8-10-6-7-11(14-12(10)15(16)17)9-4-2-1-3-5-9/h1-7H. The average Bonchev–Trinajstić information content (AvgIpc) is 2.39. The van der Waals surface area contributed by atoms with E-state index in [-0.39, 0.29) is 5.56 Å². The van der Waals surface area contributed by atoms with Crippen molar-refractivity contribution in [1.82, 2.24) is 4.98 Å². The highest BCUT2D eigenvalue weighted by Gasteiger charge is 2.17. The zero-order chi connectivity index (χ0) is 12.3. The molecule has 0 N–H and O–H groups in total. The molecule has 82 valence electrons. The predicted octanol–water partition coefficient (Wildman–Crippen LogP) is 2.53. The number of nitro groups is 1. The lowest BCUT2D eigenvalue weighted by molar-refractivity contribution is -0.389. The van der Waals surface area contributed by atoms with Crippen LogP contribution in [0.25, 0.3) is 11.3 Å². The molecule has 2 aromatic rings. The minimum absolute atomic E-state index is 0.0327. The normalized spacial score (nSPS) is 9.59. The van der Waals surface area contributed by atoms with E-state index in [2.05, 4.69) is 4.98 Å². The van der Waals surface area contributed by atoms with Crippen LogP contribution in [-0.4, -0.2) is 9.91 Å². The third-order valence-corrected chi connectivity index (χ3v) is 2.24. The van der Waals surface area contributed by atoms with E-state index in [4.69, 9.17) is 5.26 Å². The number of pyridine rings is 1. The number of benzene rings is 1. The van der Waals surface area contributed by atoms with E-state index in [1.165, 1.54) is 6.07 Å². The van der Waals surface area contributed by atoms with Gasteiger partial charge in [-0.1, -0.05) is 30.3 Å². The second kappa shape index (κ2) is 4.41. The van der Waals surface area contributed by atoms with Crippen LogP contribution in [0.15, 0.2) is 42.5 Å². The molecule has 0 amide bonds. The van der Waals surface area contributed by atoms with Gasteiger partial charge in [-0.25, -0.2) is 0 Å². The highest BCUT2D eigenvalue weighted by Crippen LogP contribution is 2.22. The molecule has 5 heteroatoms. The van der Waals surface area contributed by atoms with Gasteiger partial charge in [-0.05, 0) is 22.0 Å². The summed E-state index contributed by atoms with van der Waals surface area (Å²) < 4.78 is 0. The first-order valence-electron chi connectivity index (χ1n) is 4.83. The molecule has 0 saturated heterocycles. The second-order valence-corrected chi connectivity index (χ2v) is 3.30. The van der Waals surface area contributed by atoms with Crippen LogP contribution in [-0.2, 0) is 0 Å². The molecule has 1 aromatic carbocycles. The Labute approximate surface area is 97.1 Å². The maximum Gasteiger partial charge on any atom is 0.382 e. The fraction of sp³-hybridized carbons (Fsp3) is 0. The van der Waals surface area contributed by atoms with Gasteiger partial charge in [0, 0.05) is 5.56 Å². The van der Waals surface area contributed by atoms with Crippen molar-refractivity contribution in [2.24, 2.45) is 0 Å². The summed E-state index contributed by atoms with van der Waals surface area (Å²) in [5.41, 5.74) is 1.23. The summed E-state index contributed by atoms with van der Waals surface area (Å²) in [6.45, 7) is 0. The summed E-state index contributed by atoms with van der Waals surface area (Å²) in [7, 11) is 0. The van der Waals surface area contributed by atoms with Crippen molar-refractivity contribution < 1.29 is 4.92 Å². The van der Waals surface area contributed by atoms with Crippen molar-refractivity contribution in [3.63, 3.8) is 0 Å². The minimum atomic E-state index is -0.648. The number of aromatic nitrogens is 1. The van der Waals surface area contributed by atoms with E-state index in [1.807, 2.05) is 18.2 Å². The van der Waals surface area contributed by atoms with Gasteiger partial charge in [-0.15, -0.1) is 0 Å². The number of rotatable bonds is 2. The maximum atomic E-state index is 10.8. The highest BCUT2D eigenvalue weighted by molar-refractivity contribution is 5.62. The quantitative estimate of drug-likeness (QED) is 0.581. The molecule has 17 heavy (non-hydrogen) atoms. The van der Waals surface area contributed by atoms with Crippen LogP contribution in [0, 0.1) is 21.4 Å². The molecule has 0 aliphatic rings. The van der Waals surface area contributed by atoms with Crippen molar-refractivity contribution >= 4 is 5.82 Å².